The molecule has 3 aromatic rings. The molecule has 0 radical (unpaired) electrons. The van der Waals surface area contributed by atoms with Gasteiger partial charge in [-0.3, -0.25) is 0 Å². The highest BCUT2D eigenvalue weighted by Crippen LogP contribution is 2.71. The zero-order valence-electron chi connectivity index (χ0n) is 35.2. The molecule has 4 aliphatic carbocycles. The third kappa shape index (κ3) is 6.00. The molecule has 2 aliphatic heterocycles. The van der Waals surface area contributed by atoms with E-state index >= 15 is 0 Å². The topological polar surface area (TPSA) is 57.2 Å². The van der Waals surface area contributed by atoms with Gasteiger partial charge < -0.3 is 23.7 Å². The van der Waals surface area contributed by atoms with Crippen LogP contribution in [0.3, 0.4) is 0 Å². The van der Waals surface area contributed by atoms with Crippen molar-refractivity contribution in [3.8, 4) is 0 Å². The van der Waals surface area contributed by atoms with E-state index in [1.807, 2.05) is 0 Å². The average molecular weight is 777 g/mol. The summed E-state index contributed by atoms with van der Waals surface area (Å²) in [5.74, 6) is 1.98. The fourth-order valence-corrected chi connectivity index (χ4v) is 19.1. The molecule has 5 nitrogen and oxygen atoms in total. The maximum atomic E-state index is 12.7. The second-order valence-electron chi connectivity index (χ2n) is 21.0. The lowest BCUT2D eigenvalue weighted by molar-refractivity contribution is -0.363. The van der Waals surface area contributed by atoms with Gasteiger partial charge in [-0.05, 0) is 121 Å². The predicted molar refractivity (Wildman–Crippen MR) is 226 cm³/mol. The molecule has 0 unspecified atom stereocenters. The van der Waals surface area contributed by atoms with E-state index in [1.165, 1.54) is 41.6 Å². The smallest absolute Gasteiger partial charge is 0.261 e. The number of ether oxygens (including phenoxy) is 3. The fraction of sp³-hybridized carbons (Fsp3) is 0.640. The first-order valence-electron chi connectivity index (χ1n) is 22.2. The number of rotatable bonds is 7. The Morgan fingerprint density at radius 2 is 1.39 bits per heavy atom. The highest BCUT2D eigenvalue weighted by molar-refractivity contribution is 6.99. The summed E-state index contributed by atoms with van der Waals surface area (Å²) < 4.78 is 28.7. The van der Waals surface area contributed by atoms with Crippen LogP contribution in [0.1, 0.15) is 112 Å². The zero-order chi connectivity index (χ0) is 39.1. The van der Waals surface area contributed by atoms with Gasteiger partial charge in [-0.2, -0.15) is 0 Å². The maximum absolute atomic E-state index is 12.7. The minimum absolute atomic E-state index is 0.0277. The molecule has 2 heterocycles. The molecular formula is C50H68O5Si. The van der Waals surface area contributed by atoms with Crippen LogP contribution in [0.4, 0.5) is 0 Å². The molecular weight excluding hydrogens is 709 g/mol. The lowest BCUT2D eigenvalue weighted by Gasteiger charge is -2.65. The van der Waals surface area contributed by atoms with E-state index in [-0.39, 0.29) is 45.7 Å². The molecule has 3 aromatic carbocycles. The Morgan fingerprint density at radius 1 is 0.768 bits per heavy atom. The van der Waals surface area contributed by atoms with Crippen molar-refractivity contribution in [1.82, 2.24) is 0 Å². The first-order chi connectivity index (χ1) is 26.7. The van der Waals surface area contributed by atoms with Gasteiger partial charge in [0, 0.05) is 23.9 Å². The van der Waals surface area contributed by atoms with Gasteiger partial charge in [-0.25, -0.2) is 0 Å². The normalized spacial score (nSPS) is 40.4. The lowest BCUT2D eigenvalue weighted by atomic mass is 9.43. The number of hydrogen-bond donors (Lipinski definition) is 1. The Balaban J connectivity index is 0.948. The molecule has 6 fully saturated rings. The Kier molecular flexibility index (Phi) is 9.90. The standard InChI is InChI=1S/C50H68O5Si/c1-34-41-25-26-42-40-24-23-36-29-37(54-56(46(2,3)4,38-19-13-9-14-20-38)39-21-15-10-16-22-39)27-28-48(36,7)43(40)30-44(51)49(41,42)33-53-50(34)45(31-47(5,6)55-50)52-32-35-17-11-8-12-18-35/h8-22,34,36-37,40-45,51H,23-33H2,1-7H3/t34-,36-,37-,40-,41+,42-,43-,44+,45+,48-,49+,50-/m0/s1. The highest BCUT2D eigenvalue weighted by atomic mass is 28.4. The second kappa shape index (κ2) is 14.2. The molecule has 2 spiro atoms. The number of hydrogen-bond acceptors (Lipinski definition) is 5. The summed E-state index contributed by atoms with van der Waals surface area (Å²) in [6.45, 7) is 17.7. The number of benzene rings is 3. The van der Waals surface area contributed by atoms with Crippen LogP contribution in [-0.2, 0) is 25.2 Å². The van der Waals surface area contributed by atoms with Crippen LogP contribution in [0.15, 0.2) is 91.0 Å². The second-order valence-corrected chi connectivity index (χ2v) is 25.3. The fourth-order valence-electron chi connectivity index (χ4n) is 14.4. The van der Waals surface area contributed by atoms with Crippen LogP contribution in [0.5, 0.6) is 0 Å². The molecule has 2 saturated heterocycles. The van der Waals surface area contributed by atoms with E-state index in [9.17, 15) is 5.11 Å². The quantitative estimate of drug-likeness (QED) is 0.242. The van der Waals surface area contributed by atoms with E-state index < -0.39 is 14.1 Å². The summed E-state index contributed by atoms with van der Waals surface area (Å²) in [6, 6.07) is 32.8. The summed E-state index contributed by atoms with van der Waals surface area (Å²) in [7, 11) is -2.63. The molecule has 0 bridgehead atoms. The molecule has 4 saturated carbocycles. The summed E-state index contributed by atoms with van der Waals surface area (Å²) in [5, 5.41) is 15.4. The van der Waals surface area contributed by atoms with Crippen molar-refractivity contribution in [3.63, 3.8) is 0 Å². The summed E-state index contributed by atoms with van der Waals surface area (Å²) in [5.41, 5.74) is 0.848. The molecule has 1 N–H and O–H groups in total. The Bertz CT molecular complexity index is 1790. The monoisotopic (exact) mass is 776 g/mol. The molecule has 302 valence electrons. The first kappa shape index (κ1) is 39.2. The third-order valence-electron chi connectivity index (χ3n) is 16.9. The van der Waals surface area contributed by atoms with Gasteiger partial charge in [0.2, 0.25) is 0 Å². The van der Waals surface area contributed by atoms with Gasteiger partial charge in [0.1, 0.15) is 6.10 Å². The van der Waals surface area contributed by atoms with Crippen molar-refractivity contribution in [2.75, 3.05) is 6.61 Å². The van der Waals surface area contributed by atoms with Gasteiger partial charge in [0.05, 0.1) is 24.9 Å². The number of fused-ring (bicyclic) bond motifs is 4. The summed E-state index contributed by atoms with van der Waals surface area (Å²) in [4.78, 5) is 0. The Hall–Kier alpha value is -2.32. The van der Waals surface area contributed by atoms with Gasteiger partial charge in [0.25, 0.3) is 8.32 Å². The van der Waals surface area contributed by atoms with E-state index in [0.29, 0.717) is 42.8 Å². The van der Waals surface area contributed by atoms with Crippen molar-refractivity contribution in [2.45, 2.75) is 148 Å². The molecule has 9 rings (SSSR count). The largest absolute Gasteiger partial charge is 0.404 e. The van der Waals surface area contributed by atoms with E-state index in [2.05, 4.69) is 139 Å². The lowest BCUT2D eigenvalue weighted by Crippen LogP contribution is -2.69. The zero-order valence-corrected chi connectivity index (χ0v) is 36.2. The van der Waals surface area contributed by atoms with E-state index in [4.69, 9.17) is 18.6 Å². The number of aliphatic hydroxyl groups is 1. The SMILES string of the molecule is C[C@H]1[C@H]2CC[C@H]3[C@@H]4CC[C@H]5C[C@@H](O[Si](c6ccccc6)(c6ccccc6)C(C)(C)C)CC[C@]5(C)[C@H]4C[C@@H](O)[C@]23CO[C@]12OC(C)(C)C[C@H]2OCc1ccccc1. The van der Waals surface area contributed by atoms with Crippen LogP contribution in [0.25, 0.3) is 0 Å². The van der Waals surface area contributed by atoms with Crippen molar-refractivity contribution >= 4 is 18.7 Å². The van der Waals surface area contributed by atoms with Crippen molar-refractivity contribution < 1.29 is 23.7 Å². The molecule has 12 atom stereocenters. The van der Waals surface area contributed by atoms with Gasteiger partial charge in [-0.15, -0.1) is 0 Å². The van der Waals surface area contributed by atoms with Gasteiger partial charge >= 0.3 is 0 Å². The van der Waals surface area contributed by atoms with Crippen molar-refractivity contribution in [2.24, 2.45) is 46.3 Å². The summed E-state index contributed by atoms with van der Waals surface area (Å²) >= 11 is 0. The van der Waals surface area contributed by atoms with Crippen LogP contribution in [0, 0.1) is 46.3 Å². The van der Waals surface area contributed by atoms with Gasteiger partial charge in [-0.1, -0.05) is 126 Å². The Labute approximate surface area is 338 Å². The van der Waals surface area contributed by atoms with Gasteiger partial charge in [0.15, 0.2) is 5.79 Å². The third-order valence-corrected chi connectivity index (χ3v) is 22.0. The minimum Gasteiger partial charge on any atom is -0.404 e. The maximum Gasteiger partial charge on any atom is 0.261 e. The van der Waals surface area contributed by atoms with Crippen LogP contribution in [-0.4, -0.2) is 49.7 Å². The van der Waals surface area contributed by atoms with Crippen LogP contribution in [0.2, 0.25) is 5.04 Å². The van der Waals surface area contributed by atoms with E-state index in [1.54, 1.807) is 0 Å². The average Bonchev–Trinajstić information content (AvgIpc) is 3.72. The van der Waals surface area contributed by atoms with Crippen LogP contribution < -0.4 is 10.4 Å². The predicted octanol–water partition coefficient (Wildman–Crippen LogP) is 9.69. The molecule has 6 aliphatic rings. The van der Waals surface area contributed by atoms with Crippen LogP contribution >= 0.6 is 0 Å². The molecule has 0 aromatic heterocycles. The molecule has 6 heteroatoms. The number of aliphatic hydroxyl groups excluding tert-OH is 1. The molecule has 0 amide bonds. The van der Waals surface area contributed by atoms with E-state index in [0.717, 1.165) is 32.1 Å². The first-order valence-corrected chi connectivity index (χ1v) is 24.1. The molecule has 56 heavy (non-hydrogen) atoms. The van der Waals surface area contributed by atoms with Crippen molar-refractivity contribution in [1.29, 1.82) is 0 Å². The minimum atomic E-state index is -2.63. The Morgan fingerprint density at radius 3 is 2.04 bits per heavy atom. The highest BCUT2D eigenvalue weighted by Gasteiger charge is 2.72. The summed E-state index contributed by atoms with van der Waals surface area (Å²) in [6.07, 6.45) is 9.68. The van der Waals surface area contributed by atoms with Crippen molar-refractivity contribution in [3.05, 3.63) is 96.6 Å².